The summed E-state index contributed by atoms with van der Waals surface area (Å²) >= 11 is 0. The molecule has 0 aliphatic carbocycles. The monoisotopic (exact) mass is 156 g/mol. The highest BCUT2D eigenvalue weighted by Gasteiger charge is 1.99. The molecule has 0 aliphatic rings. The van der Waals surface area contributed by atoms with Crippen molar-refractivity contribution in [1.82, 2.24) is 0 Å². The third-order valence-corrected chi connectivity index (χ3v) is 0.804. The van der Waals surface area contributed by atoms with Crippen LogP contribution >= 0.6 is 0 Å². The molecule has 0 rings (SSSR count). The molecule has 11 heavy (non-hydrogen) atoms. The van der Waals surface area contributed by atoms with Crippen LogP contribution in [0.15, 0.2) is 24.0 Å². The van der Waals surface area contributed by atoms with Crippen LogP contribution in [0.3, 0.4) is 0 Å². The molecule has 0 amide bonds. The van der Waals surface area contributed by atoms with Gasteiger partial charge in [0.05, 0.1) is 0 Å². The Morgan fingerprint density at radius 3 is 2.18 bits per heavy atom. The number of ketones is 1. The first-order valence-corrected chi connectivity index (χ1v) is 2.85. The number of aliphatic carboxylic acids is 1. The molecule has 0 unspecified atom stereocenters. The van der Waals surface area contributed by atoms with E-state index in [1.54, 1.807) is 0 Å². The Hall–Kier alpha value is -1.58. The van der Waals surface area contributed by atoms with Crippen LogP contribution in [-0.2, 0) is 9.59 Å². The number of allylic oxidation sites excluding steroid dienone is 3. The highest BCUT2D eigenvalue weighted by molar-refractivity contribution is 5.88. The molecule has 0 bridgehead atoms. The summed E-state index contributed by atoms with van der Waals surface area (Å²) in [5.41, 5.74) is 0. The van der Waals surface area contributed by atoms with Crippen molar-refractivity contribution < 1.29 is 19.8 Å². The summed E-state index contributed by atoms with van der Waals surface area (Å²) in [6.07, 6.45) is 3.26. The molecule has 0 heterocycles. The summed E-state index contributed by atoms with van der Waals surface area (Å²) in [6, 6.07) is 0. The lowest BCUT2D eigenvalue weighted by Gasteiger charge is -1.85. The molecule has 0 radical (unpaired) electrons. The standard InChI is InChI=1S/C7H8O4/c1-5(8)3-2-4-6(9)7(10)11/h2-4,9H,1H3,(H,10,11). The minimum Gasteiger partial charge on any atom is -0.502 e. The van der Waals surface area contributed by atoms with E-state index in [-0.39, 0.29) is 5.78 Å². The van der Waals surface area contributed by atoms with Crippen LogP contribution in [0.25, 0.3) is 0 Å². The maximum absolute atomic E-state index is 10.2. The van der Waals surface area contributed by atoms with Gasteiger partial charge in [-0.15, -0.1) is 0 Å². The fourth-order valence-corrected chi connectivity index (χ4v) is 0.346. The molecular formula is C7H8O4. The van der Waals surface area contributed by atoms with E-state index in [0.29, 0.717) is 0 Å². The van der Waals surface area contributed by atoms with Crippen molar-refractivity contribution in [2.24, 2.45) is 0 Å². The second-order valence-corrected chi connectivity index (χ2v) is 1.83. The number of carboxylic acids is 1. The minimum atomic E-state index is -1.42. The van der Waals surface area contributed by atoms with Crippen LogP contribution in [0.5, 0.6) is 0 Å². The lowest BCUT2D eigenvalue weighted by molar-refractivity contribution is -0.135. The van der Waals surface area contributed by atoms with E-state index in [4.69, 9.17) is 10.2 Å². The summed E-state index contributed by atoms with van der Waals surface area (Å²) in [7, 11) is 0. The maximum atomic E-state index is 10.2. The zero-order chi connectivity index (χ0) is 8.85. The van der Waals surface area contributed by atoms with Gasteiger partial charge in [0, 0.05) is 0 Å². The predicted octanol–water partition coefficient (Wildman–Crippen LogP) is 0.658. The SMILES string of the molecule is CC(=O)C=CC=C(O)C(=O)O. The zero-order valence-electron chi connectivity index (χ0n) is 5.94. The first-order chi connectivity index (χ1) is 5.04. The molecular weight excluding hydrogens is 148 g/mol. The number of carbonyl (C=O) groups is 2. The molecule has 0 saturated carbocycles. The van der Waals surface area contributed by atoms with Crippen LogP contribution in [0, 0.1) is 0 Å². The highest BCUT2D eigenvalue weighted by Crippen LogP contribution is 1.88. The summed E-state index contributed by atoms with van der Waals surface area (Å²) in [4.78, 5) is 20.2. The van der Waals surface area contributed by atoms with Crippen LogP contribution in [0.4, 0.5) is 0 Å². The lowest BCUT2D eigenvalue weighted by Crippen LogP contribution is -1.97. The Balaban J connectivity index is 4.13. The number of aliphatic hydroxyl groups is 1. The second-order valence-electron chi connectivity index (χ2n) is 1.83. The number of rotatable bonds is 3. The fraction of sp³-hybridized carbons (Fsp3) is 0.143. The number of carbonyl (C=O) groups excluding carboxylic acids is 1. The minimum absolute atomic E-state index is 0.209. The average Bonchev–Trinajstić information content (AvgIpc) is 1.86. The van der Waals surface area contributed by atoms with E-state index in [0.717, 1.165) is 12.2 Å². The van der Waals surface area contributed by atoms with Gasteiger partial charge in [0.25, 0.3) is 0 Å². The van der Waals surface area contributed by atoms with E-state index in [1.165, 1.54) is 13.0 Å². The van der Waals surface area contributed by atoms with Crippen molar-refractivity contribution in [3.63, 3.8) is 0 Å². The highest BCUT2D eigenvalue weighted by atomic mass is 16.4. The third-order valence-electron chi connectivity index (χ3n) is 0.804. The Labute approximate surface area is 63.5 Å². The Morgan fingerprint density at radius 2 is 1.82 bits per heavy atom. The summed E-state index contributed by atoms with van der Waals surface area (Å²) in [5.74, 6) is -2.42. The van der Waals surface area contributed by atoms with Gasteiger partial charge in [-0.25, -0.2) is 4.79 Å². The average molecular weight is 156 g/mol. The van der Waals surface area contributed by atoms with Gasteiger partial charge in [0.1, 0.15) is 0 Å². The van der Waals surface area contributed by atoms with Gasteiger partial charge < -0.3 is 10.2 Å². The molecule has 0 aromatic heterocycles. The first kappa shape index (κ1) is 9.42. The Bertz CT molecular complexity index is 225. The van der Waals surface area contributed by atoms with Gasteiger partial charge in [0.2, 0.25) is 5.76 Å². The molecule has 2 N–H and O–H groups in total. The van der Waals surface area contributed by atoms with E-state index in [1.807, 2.05) is 0 Å². The molecule has 0 fully saturated rings. The van der Waals surface area contributed by atoms with Crippen LogP contribution in [0.2, 0.25) is 0 Å². The van der Waals surface area contributed by atoms with E-state index < -0.39 is 11.7 Å². The lowest BCUT2D eigenvalue weighted by atomic mass is 10.3. The van der Waals surface area contributed by atoms with Crippen LogP contribution in [0.1, 0.15) is 6.92 Å². The van der Waals surface area contributed by atoms with Gasteiger partial charge in [-0.2, -0.15) is 0 Å². The van der Waals surface area contributed by atoms with Crippen molar-refractivity contribution in [3.8, 4) is 0 Å². The van der Waals surface area contributed by atoms with Gasteiger partial charge in [0.15, 0.2) is 5.78 Å². The quantitative estimate of drug-likeness (QED) is 0.357. The molecule has 4 heteroatoms. The third kappa shape index (κ3) is 4.90. The topological polar surface area (TPSA) is 74.6 Å². The van der Waals surface area contributed by atoms with Crippen molar-refractivity contribution in [1.29, 1.82) is 0 Å². The molecule has 4 nitrogen and oxygen atoms in total. The van der Waals surface area contributed by atoms with Gasteiger partial charge in [-0.05, 0) is 19.1 Å². The van der Waals surface area contributed by atoms with E-state index >= 15 is 0 Å². The normalized spacial score (nSPS) is 11.9. The molecule has 0 aromatic rings. The summed E-state index contributed by atoms with van der Waals surface area (Å²) < 4.78 is 0. The van der Waals surface area contributed by atoms with Crippen molar-refractivity contribution in [2.75, 3.05) is 0 Å². The van der Waals surface area contributed by atoms with Crippen molar-refractivity contribution >= 4 is 11.8 Å². The Morgan fingerprint density at radius 1 is 1.27 bits per heavy atom. The first-order valence-electron chi connectivity index (χ1n) is 2.85. The molecule has 0 saturated heterocycles. The molecule has 60 valence electrons. The predicted molar refractivity (Wildman–Crippen MR) is 38.2 cm³/mol. The summed E-state index contributed by atoms with van der Waals surface area (Å²) in [6.45, 7) is 1.32. The number of hydrogen-bond acceptors (Lipinski definition) is 3. The zero-order valence-corrected chi connectivity index (χ0v) is 5.94. The molecule has 0 aliphatic heterocycles. The van der Waals surface area contributed by atoms with E-state index in [9.17, 15) is 9.59 Å². The second kappa shape index (κ2) is 4.27. The van der Waals surface area contributed by atoms with Crippen LogP contribution < -0.4 is 0 Å². The number of hydrogen-bond donors (Lipinski definition) is 2. The fourth-order valence-electron chi connectivity index (χ4n) is 0.346. The Kier molecular flexibility index (Phi) is 3.66. The van der Waals surface area contributed by atoms with Gasteiger partial charge in [-0.3, -0.25) is 4.79 Å². The van der Waals surface area contributed by atoms with Crippen molar-refractivity contribution in [2.45, 2.75) is 6.92 Å². The van der Waals surface area contributed by atoms with Crippen LogP contribution in [-0.4, -0.2) is 22.0 Å². The summed E-state index contributed by atoms with van der Waals surface area (Å²) in [5, 5.41) is 16.6. The molecule has 0 aromatic carbocycles. The number of carboxylic acid groups (broad SMARTS) is 1. The number of aliphatic hydroxyl groups excluding tert-OH is 1. The molecule has 0 atom stereocenters. The van der Waals surface area contributed by atoms with E-state index in [2.05, 4.69) is 0 Å². The largest absolute Gasteiger partial charge is 0.502 e. The molecule has 0 spiro atoms. The maximum Gasteiger partial charge on any atom is 0.370 e. The van der Waals surface area contributed by atoms with Gasteiger partial charge >= 0.3 is 5.97 Å². The smallest absolute Gasteiger partial charge is 0.370 e. The van der Waals surface area contributed by atoms with Gasteiger partial charge in [-0.1, -0.05) is 6.08 Å². The van der Waals surface area contributed by atoms with Crippen molar-refractivity contribution in [3.05, 3.63) is 24.0 Å².